The summed E-state index contributed by atoms with van der Waals surface area (Å²) < 4.78 is 14.4. The Morgan fingerprint density at radius 3 is 2.77 bits per heavy atom. The zero-order valence-corrected chi connectivity index (χ0v) is 14.5. The SMILES string of the molecule is C[C@H](CCOCCCn1cc(Br)cn1)OCc1ccccc1. The molecule has 0 amide bonds. The number of rotatable bonds is 10. The molecule has 5 heteroatoms. The van der Waals surface area contributed by atoms with Gasteiger partial charge in [0.25, 0.3) is 0 Å². The Kier molecular flexibility index (Phi) is 7.63. The van der Waals surface area contributed by atoms with E-state index in [-0.39, 0.29) is 6.10 Å². The lowest BCUT2D eigenvalue weighted by Gasteiger charge is -2.13. The van der Waals surface area contributed by atoms with Crippen LogP contribution in [-0.4, -0.2) is 29.1 Å². The van der Waals surface area contributed by atoms with Crippen LogP contribution in [0.3, 0.4) is 0 Å². The topological polar surface area (TPSA) is 36.3 Å². The van der Waals surface area contributed by atoms with E-state index in [2.05, 4.69) is 40.1 Å². The Morgan fingerprint density at radius 2 is 2.05 bits per heavy atom. The Balaban J connectivity index is 1.47. The standard InChI is InChI=1S/C17H23BrN2O2/c1-15(22-14-16-6-3-2-4-7-16)8-11-21-10-5-9-20-13-17(18)12-19-20/h2-4,6-7,12-13,15H,5,8-11,14H2,1H3/t15-/m1/s1. The van der Waals surface area contributed by atoms with Crippen LogP contribution < -0.4 is 0 Å². The van der Waals surface area contributed by atoms with Crippen molar-refractivity contribution in [2.45, 2.75) is 39.0 Å². The minimum atomic E-state index is 0.210. The average Bonchev–Trinajstić information content (AvgIpc) is 2.95. The first-order valence-corrected chi connectivity index (χ1v) is 8.44. The maximum atomic E-state index is 5.81. The fourth-order valence-corrected chi connectivity index (χ4v) is 2.36. The second-order valence-electron chi connectivity index (χ2n) is 5.28. The Bertz CT molecular complexity index is 530. The zero-order valence-electron chi connectivity index (χ0n) is 13.0. The van der Waals surface area contributed by atoms with Crippen LogP contribution in [0.25, 0.3) is 0 Å². The third-order valence-corrected chi connectivity index (χ3v) is 3.73. The van der Waals surface area contributed by atoms with Gasteiger partial charge in [0.1, 0.15) is 0 Å². The first kappa shape index (κ1) is 17.2. The summed E-state index contributed by atoms with van der Waals surface area (Å²) in [5, 5.41) is 4.21. The summed E-state index contributed by atoms with van der Waals surface area (Å²) in [6.07, 6.45) is 5.86. The molecule has 22 heavy (non-hydrogen) atoms. The van der Waals surface area contributed by atoms with Crippen molar-refractivity contribution in [3.05, 3.63) is 52.8 Å². The van der Waals surface area contributed by atoms with E-state index < -0.39 is 0 Å². The first-order chi connectivity index (χ1) is 10.7. The van der Waals surface area contributed by atoms with E-state index in [9.17, 15) is 0 Å². The number of ether oxygens (including phenoxy) is 2. The molecule has 0 saturated carbocycles. The third kappa shape index (κ3) is 6.73. The Labute approximate surface area is 140 Å². The summed E-state index contributed by atoms with van der Waals surface area (Å²) in [6, 6.07) is 10.2. The van der Waals surface area contributed by atoms with Crippen molar-refractivity contribution in [3.8, 4) is 0 Å². The highest BCUT2D eigenvalue weighted by atomic mass is 79.9. The largest absolute Gasteiger partial charge is 0.381 e. The number of nitrogens with zero attached hydrogens (tertiary/aromatic N) is 2. The molecule has 0 aliphatic carbocycles. The first-order valence-electron chi connectivity index (χ1n) is 7.65. The summed E-state index contributed by atoms with van der Waals surface area (Å²) >= 11 is 3.38. The lowest BCUT2D eigenvalue weighted by molar-refractivity contribution is 0.0213. The van der Waals surface area contributed by atoms with E-state index in [1.165, 1.54) is 5.56 Å². The molecule has 0 spiro atoms. The molecule has 1 atom stereocenters. The van der Waals surface area contributed by atoms with Gasteiger partial charge in [0, 0.05) is 26.0 Å². The Morgan fingerprint density at radius 1 is 1.23 bits per heavy atom. The molecular formula is C17H23BrN2O2. The lowest BCUT2D eigenvalue weighted by Crippen LogP contribution is -2.12. The van der Waals surface area contributed by atoms with E-state index in [4.69, 9.17) is 9.47 Å². The van der Waals surface area contributed by atoms with Crippen LogP contribution >= 0.6 is 15.9 Å². The van der Waals surface area contributed by atoms with Crippen molar-refractivity contribution in [3.63, 3.8) is 0 Å². The lowest BCUT2D eigenvalue weighted by atomic mass is 10.2. The molecule has 0 bridgehead atoms. The number of hydrogen-bond donors (Lipinski definition) is 0. The van der Waals surface area contributed by atoms with E-state index in [0.29, 0.717) is 6.61 Å². The van der Waals surface area contributed by atoms with Gasteiger partial charge in [-0.2, -0.15) is 5.10 Å². The van der Waals surface area contributed by atoms with Crippen LogP contribution in [0.2, 0.25) is 0 Å². The van der Waals surface area contributed by atoms with Gasteiger partial charge in [-0.3, -0.25) is 4.68 Å². The van der Waals surface area contributed by atoms with Crippen LogP contribution in [0.1, 0.15) is 25.3 Å². The molecule has 0 unspecified atom stereocenters. The number of halogens is 1. The Hall–Kier alpha value is -1.17. The van der Waals surface area contributed by atoms with Crippen molar-refractivity contribution >= 4 is 15.9 Å². The van der Waals surface area contributed by atoms with Gasteiger partial charge < -0.3 is 9.47 Å². The van der Waals surface area contributed by atoms with Gasteiger partial charge in [0.05, 0.1) is 23.4 Å². The van der Waals surface area contributed by atoms with Gasteiger partial charge in [0.15, 0.2) is 0 Å². The van der Waals surface area contributed by atoms with Crippen LogP contribution in [0.4, 0.5) is 0 Å². The van der Waals surface area contributed by atoms with E-state index in [0.717, 1.165) is 37.1 Å². The number of benzene rings is 1. The number of aryl methyl sites for hydroxylation is 1. The second-order valence-corrected chi connectivity index (χ2v) is 6.20. The predicted octanol–water partition coefficient (Wildman–Crippen LogP) is 4.05. The van der Waals surface area contributed by atoms with Gasteiger partial charge in [-0.1, -0.05) is 30.3 Å². The van der Waals surface area contributed by atoms with Gasteiger partial charge in [0.2, 0.25) is 0 Å². The van der Waals surface area contributed by atoms with Crippen molar-refractivity contribution < 1.29 is 9.47 Å². The molecule has 120 valence electrons. The van der Waals surface area contributed by atoms with Crippen LogP contribution in [0, 0.1) is 0 Å². The third-order valence-electron chi connectivity index (χ3n) is 3.32. The molecule has 0 aliphatic rings. The maximum Gasteiger partial charge on any atom is 0.0720 e. The minimum Gasteiger partial charge on any atom is -0.381 e. The van der Waals surface area contributed by atoms with Gasteiger partial charge in [-0.15, -0.1) is 0 Å². The van der Waals surface area contributed by atoms with Crippen molar-refractivity contribution in [2.75, 3.05) is 13.2 Å². The molecule has 4 nitrogen and oxygen atoms in total. The highest BCUT2D eigenvalue weighted by molar-refractivity contribution is 9.10. The van der Waals surface area contributed by atoms with E-state index in [1.54, 1.807) is 6.20 Å². The summed E-state index contributed by atoms with van der Waals surface area (Å²) in [6.45, 7) is 5.12. The predicted molar refractivity (Wildman–Crippen MR) is 90.7 cm³/mol. The molecule has 1 aromatic carbocycles. The van der Waals surface area contributed by atoms with Crippen LogP contribution in [0.5, 0.6) is 0 Å². The maximum absolute atomic E-state index is 5.81. The number of hydrogen-bond acceptors (Lipinski definition) is 3. The molecular weight excluding hydrogens is 344 g/mol. The van der Waals surface area contributed by atoms with Gasteiger partial charge >= 0.3 is 0 Å². The van der Waals surface area contributed by atoms with Crippen molar-refractivity contribution in [1.29, 1.82) is 0 Å². The summed E-state index contributed by atoms with van der Waals surface area (Å²) in [4.78, 5) is 0. The minimum absolute atomic E-state index is 0.210. The van der Waals surface area contributed by atoms with Crippen molar-refractivity contribution in [1.82, 2.24) is 9.78 Å². The summed E-state index contributed by atoms with van der Waals surface area (Å²) in [5.41, 5.74) is 1.21. The second kappa shape index (κ2) is 9.77. The summed E-state index contributed by atoms with van der Waals surface area (Å²) in [5.74, 6) is 0. The molecule has 0 N–H and O–H groups in total. The monoisotopic (exact) mass is 366 g/mol. The zero-order chi connectivity index (χ0) is 15.6. The molecule has 0 radical (unpaired) electrons. The van der Waals surface area contributed by atoms with E-state index >= 15 is 0 Å². The fourth-order valence-electron chi connectivity index (χ4n) is 2.04. The smallest absolute Gasteiger partial charge is 0.0720 e. The van der Waals surface area contributed by atoms with Gasteiger partial charge in [-0.05, 0) is 41.3 Å². The molecule has 0 saturated heterocycles. The van der Waals surface area contributed by atoms with Crippen molar-refractivity contribution in [2.24, 2.45) is 0 Å². The average molecular weight is 367 g/mol. The molecule has 1 aromatic heterocycles. The van der Waals surface area contributed by atoms with Crippen LogP contribution in [0.15, 0.2) is 47.2 Å². The van der Waals surface area contributed by atoms with E-state index in [1.807, 2.05) is 29.1 Å². The highest BCUT2D eigenvalue weighted by Crippen LogP contribution is 2.07. The molecule has 1 heterocycles. The summed E-state index contributed by atoms with van der Waals surface area (Å²) in [7, 11) is 0. The molecule has 2 rings (SSSR count). The fraction of sp³-hybridized carbons (Fsp3) is 0.471. The molecule has 0 fully saturated rings. The van der Waals surface area contributed by atoms with Crippen LogP contribution in [-0.2, 0) is 22.6 Å². The molecule has 0 aliphatic heterocycles. The molecule has 2 aromatic rings. The quantitative estimate of drug-likeness (QED) is 0.595. The highest BCUT2D eigenvalue weighted by Gasteiger charge is 2.03. The normalized spacial score (nSPS) is 12.5. The van der Waals surface area contributed by atoms with Gasteiger partial charge in [-0.25, -0.2) is 0 Å². The number of aromatic nitrogens is 2.